The van der Waals surface area contributed by atoms with Gasteiger partial charge in [0.25, 0.3) is 11.6 Å². The molecule has 8 heteroatoms. The minimum atomic E-state index is -0.569. The number of amides is 1. The van der Waals surface area contributed by atoms with Crippen LogP contribution in [0.3, 0.4) is 0 Å². The first-order chi connectivity index (χ1) is 11.5. The molecule has 0 unspecified atom stereocenters. The molecule has 0 spiro atoms. The lowest BCUT2D eigenvalue weighted by atomic mass is 10.2. The van der Waals surface area contributed by atoms with Gasteiger partial charge in [-0.05, 0) is 6.07 Å². The van der Waals surface area contributed by atoms with Crippen molar-refractivity contribution in [2.45, 2.75) is 0 Å². The molecule has 3 aromatic rings. The number of nitrogens with one attached hydrogen (secondary N) is 1. The van der Waals surface area contributed by atoms with E-state index >= 15 is 0 Å². The van der Waals surface area contributed by atoms with E-state index in [9.17, 15) is 14.9 Å². The Morgan fingerprint density at radius 2 is 1.96 bits per heavy atom. The molecule has 0 aliphatic rings. The van der Waals surface area contributed by atoms with Crippen molar-refractivity contribution in [3.63, 3.8) is 0 Å². The first-order valence-electron chi connectivity index (χ1n) is 6.81. The Balaban J connectivity index is 1.78. The summed E-state index contributed by atoms with van der Waals surface area (Å²) >= 11 is 7.24. The van der Waals surface area contributed by atoms with Crippen LogP contribution < -0.4 is 5.32 Å². The van der Waals surface area contributed by atoms with Crippen molar-refractivity contribution in [2.24, 2.45) is 0 Å². The molecule has 120 valence electrons. The number of hydrogen-bond donors (Lipinski definition) is 1. The van der Waals surface area contributed by atoms with E-state index in [1.807, 2.05) is 35.7 Å². The number of hydrogen-bond acceptors (Lipinski definition) is 5. The molecule has 1 aromatic heterocycles. The standard InChI is InChI=1S/C16H10ClN3O3S/c17-13-8-11(20(22)23)6-7-12(13)15(21)19-16-18-14(9-24-16)10-4-2-1-3-5-10/h1-9H,(H,18,19,21). The van der Waals surface area contributed by atoms with Crippen molar-refractivity contribution in [1.82, 2.24) is 4.98 Å². The molecule has 1 N–H and O–H groups in total. The fourth-order valence-corrected chi connectivity index (χ4v) is 3.01. The second-order valence-corrected chi connectivity index (χ2v) is 6.04. The van der Waals surface area contributed by atoms with E-state index in [1.54, 1.807) is 0 Å². The molecule has 0 saturated carbocycles. The maximum absolute atomic E-state index is 12.3. The predicted octanol–water partition coefficient (Wildman–Crippen LogP) is 4.62. The summed E-state index contributed by atoms with van der Waals surface area (Å²) in [6.45, 7) is 0. The van der Waals surface area contributed by atoms with Crippen molar-refractivity contribution >= 4 is 39.7 Å². The molecule has 0 bridgehead atoms. The predicted molar refractivity (Wildman–Crippen MR) is 93.6 cm³/mol. The molecule has 0 saturated heterocycles. The van der Waals surface area contributed by atoms with Gasteiger partial charge in [0.05, 0.1) is 21.2 Å². The molecule has 6 nitrogen and oxygen atoms in total. The minimum absolute atomic E-state index is 0.0153. The molecule has 0 radical (unpaired) electrons. The number of nitro groups is 1. The third-order valence-electron chi connectivity index (χ3n) is 3.20. The Kier molecular flexibility index (Phi) is 4.54. The number of non-ortho nitro benzene ring substituents is 1. The van der Waals surface area contributed by atoms with Gasteiger partial charge in [-0.15, -0.1) is 11.3 Å². The molecule has 0 aliphatic carbocycles. The van der Waals surface area contributed by atoms with Crippen LogP contribution in [0.2, 0.25) is 5.02 Å². The average molecular weight is 360 g/mol. The molecule has 1 amide bonds. The Bertz CT molecular complexity index is 912. The number of nitrogens with zero attached hydrogens (tertiary/aromatic N) is 2. The first kappa shape index (κ1) is 16.1. The molecule has 2 aromatic carbocycles. The number of halogens is 1. The number of carbonyl (C=O) groups is 1. The van der Waals surface area contributed by atoms with Crippen LogP contribution in [-0.2, 0) is 0 Å². The summed E-state index contributed by atoms with van der Waals surface area (Å²) in [6, 6.07) is 13.3. The van der Waals surface area contributed by atoms with Gasteiger partial charge in [0.15, 0.2) is 5.13 Å². The lowest BCUT2D eigenvalue weighted by Crippen LogP contribution is -2.12. The van der Waals surface area contributed by atoms with Crippen molar-refractivity contribution < 1.29 is 9.72 Å². The quantitative estimate of drug-likeness (QED) is 0.543. The summed E-state index contributed by atoms with van der Waals surface area (Å²) in [6.07, 6.45) is 0. The Labute approximate surface area is 145 Å². The number of rotatable bonds is 4. The zero-order valence-electron chi connectivity index (χ0n) is 12.1. The van der Waals surface area contributed by atoms with E-state index in [2.05, 4.69) is 10.3 Å². The van der Waals surface area contributed by atoms with Gasteiger partial charge in [0.2, 0.25) is 0 Å². The van der Waals surface area contributed by atoms with Gasteiger partial charge < -0.3 is 0 Å². The van der Waals surface area contributed by atoms with Crippen LogP contribution in [0.5, 0.6) is 0 Å². The number of anilines is 1. The van der Waals surface area contributed by atoms with Crippen LogP contribution in [0, 0.1) is 10.1 Å². The highest BCUT2D eigenvalue weighted by Gasteiger charge is 2.16. The lowest BCUT2D eigenvalue weighted by Gasteiger charge is -2.04. The van der Waals surface area contributed by atoms with Crippen LogP contribution >= 0.6 is 22.9 Å². The topological polar surface area (TPSA) is 85.1 Å². The number of aromatic nitrogens is 1. The van der Waals surface area contributed by atoms with E-state index in [0.29, 0.717) is 5.13 Å². The van der Waals surface area contributed by atoms with E-state index in [1.165, 1.54) is 23.5 Å². The molecule has 0 fully saturated rings. The summed E-state index contributed by atoms with van der Waals surface area (Å²) in [4.78, 5) is 26.8. The fourth-order valence-electron chi connectivity index (χ4n) is 2.04. The third kappa shape index (κ3) is 3.42. The zero-order chi connectivity index (χ0) is 17.1. The molecule has 0 atom stereocenters. The Hall–Kier alpha value is -2.77. The molecule has 0 aliphatic heterocycles. The zero-order valence-corrected chi connectivity index (χ0v) is 13.7. The third-order valence-corrected chi connectivity index (χ3v) is 4.27. The molecule has 3 rings (SSSR count). The van der Waals surface area contributed by atoms with Crippen LogP contribution in [0.1, 0.15) is 10.4 Å². The number of carbonyl (C=O) groups excluding carboxylic acids is 1. The SMILES string of the molecule is O=C(Nc1nc(-c2ccccc2)cs1)c1ccc([N+](=O)[O-])cc1Cl. The van der Waals surface area contributed by atoms with Gasteiger partial charge in [0.1, 0.15) is 0 Å². The van der Waals surface area contributed by atoms with E-state index in [-0.39, 0.29) is 16.3 Å². The van der Waals surface area contributed by atoms with Gasteiger partial charge in [-0.1, -0.05) is 41.9 Å². The maximum Gasteiger partial charge on any atom is 0.270 e. The number of nitro benzene ring substituents is 1. The van der Waals surface area contributed by atoms with Gasteiger partial charge in [-0.25, -0.2) is 4.98 Å². The van der Waals surface area contributed by atoms with Crippen LogP contribution in [0.25, 0.3) is 11.3 Å². The van der Waals surface area contributed by atoms with Crippen LogP contribution in [-0.4, -0.2) is 15.8 Å². The Morgan fingerprint density at radius 3 is 2.62 bits per heavy atom. The summed E-state index contributed by atoms with van der Waals surface area (Å²) in [5, 5.41) is 15.6. The molecular weight excluding hydrogens is 350 g/mol. The normalized spacial score (nSPS) is 10.4. The van der Waals surface area contributed by atoms with Gasteiger partial charge in [-0.3, -0.25) is 20.2 Å². The van der Waals surface area contributed by atoms with Gasteiger partial charge in [-0.2, -0.15) is 0 Å². The van der Waals surface area contributed by atoms with Gasteiger partial charge >= 0.3 is 0 Å². The van der Waals surface area contributed by atoms with Crippen LogP contribution in [0.4, 0.5) is 10.8 Å². The second kappa shape index (κ2) is 6.77. The monoisotopic (exact) mass is 359 g/mol. The molecular formula is C16H10ClN3O3S. The molecule has 24 heavy (non-hydrogen) atoms. The highest BCUT2D eigenvalue weighted by molar-refractivity contribution is 7.14. The van der Waals surface area contributed by atoms with Crippen molar-refractivity contribution in [3.05, 3.63) is 74.6 Å². The highest BCUT2D eigenvalue weighted by atomic mass is 35.5. The summed E-state index contributed by atoms with van der Waals surface area (Å²) in [5.41, 5.74) is 1.68. The smallest absolute Gasteiger partial charge is 0.270 e. The van der Waals surface area contributed by atoms with Gasteiger partial charge in [0, 0.05) is 23.1 Å². The van der Waals surface area contributed by atoms with Crippen molar-refractivity contribution in [1.29, 1.82) is 0 Å². The largest absolute Gasteiger partial charge is 0.298 e. The fraction of sp³-hybridized carbons (Fsp3) is 0. The average Bonchev–Trinajstić information content (AvgIpc) is 3.03. The number of benzene rings is 2. The maximum atomic E-state index is 12.3. The molecule has 1 heterocycles. The number of thiazole rings is 1. The van der Waals surface area contributed by atoms with E-state index in [4.69, 9.17) is 11.6 Å². The van der Waals surface area contributed by atoms with E-state index in [0.717, 1.165) is 17.3 Å². The summed E-state index contributed by atoms with van der Waals surface area (Å²) in [5.74, 6) is -0.469. The highest BCUT2D eigenvalue weighted by Crippen LogP contribution is 2.27. The first-order valence-corrected chi connectivity index (χ1v) is 8.06. The van der Waals surface area contributed by atoms with Crippen LogP contribution in [0.15, 0.2) is 53.9 Å². The van der Waals surface area contributed by atoms with Crippen molar-refractivity contribution in [2.75, 3.05) is 5.32 Å². The minimum Gasteiger partial charge on any atom is -0.298 e. The second-order valence-electron chi connectivity index (χ2n) is 4.78. The van der Waals surface area contributed by atoms with Crippen molar-refractivity contribution in [3.8, 4) is 11.3 Å². The lowest BCUT2D eigenvalue weighted by molar-refractivity contribution is -0.384. The Morgan fingerprint density at radius 1 is 1.21 bits per heavy atom. The van der Waals surface area contributed by atoms with E-state index < -0.39 is 10.8 Å². The summed E-state index contributed by atoms with van der Waals surface area (Å²) in [7, 11) is 0. The summed E-state index contributed by atoms with van der Waals surface area (Å²) < 4.78 is 0.